The van der Waals surface area contributed by atoms with Gasteiger partial charge < -0.3 is 31.4 Å². The number of rotatable bonds is 5. The van der Waals surface area contributed by atoms with Crippen LogP contribution >= 0.6 is 0 Å². The smallest absolute Gasteiger partial charge is 0.336 e. The predicted octanol–water partition coefficient (Wildman–Crippen LogP) is -2.90. The molecule has 0 spiro atoms. The second-order valence-electron chi connectivity index (χ2n) is 2.48. The molecule has 0 rings (SSSR count). The van der Waals surface area contributed by atoms with Gasteiger partial charge in [-0.05, 0) is 0 Å². The van der Waals surface area contributed by atoms with Crippen molar-refractivity contribution in [2.75, 3.05) is 0 Å². The molecule has 8 N–H and O–H groups in total. The van der Waals surface area contributed by atoms with E-state index in [0.717, 1.165) is 0 Å². The van der Waals surface area contributed by atoms with Gasteiger partial charge in [-0.25, -0.2) is 4.79 Å². The van der Waals surface area contributed by atoms with Gasteiger partial charge in [0.1, 0.15) is 0 Å². The number of aliphatic carboxylic acids is 3. The molecule has 0 amide bonds. The van der Waals surface area contributed by atoms with E-state index < -0.39 is 36.4 Å². The van der Waals surface area contributed by atoms with Gasteiger partial charge in [0.05, 0.1) is 12.8 Å². The van der Waals surface area contributed by atoms with Gasteiger partial charge in [0.25, 0.3) is 0 Å². The van der Waals surface area contributed by atoms with Crippen LogP contribution in [0.15, 0.2) is 0 Å². The van der Waals surface area contributed by atoms with E-state index in [1.54, 1.807) is 0 Å². The molecule has 0 atom stereocenters. The fourth-order valence-electron chi connectivity index (χ4n) is 0.714. The molecule has 0 radical (unpaired) electrons. The van der Waals surface area contributed by atoms with Gasteiger partial charge in [0.2, 0.25) is 0 Å². The Morgan fingerprint density at radius 1 is 0.875 bits per heavy atom. The average Bonchev–Trinajstić information content (AvgIpc) is 1.82. The van der Waals surface area contributed by atoms with Crippen LogP contribution < -0.4 is 0 Å². The fourth-order valence-corrected chi connectivity index (χ4v) is 0.714. The Morgan fingerprint density at radius 2 is 1.12 bits per heavy atom. The zero-order valence-corrected chi connectivity index (χ0v) is 8.73. The molecule has 0 bridgehead atoms. The van der Waals surface area contributed by atoms with E-state index in [4.69, 9.17) is 20.4 Å². The van der Waals surface area contributed by atoms with Gasteiger partial charge in [0, 0.05) is 16.5 Å². The maximum atomic E-state index is 10.3. The van der Waals surface area contributed by atoms with Crippen LogP contribution in [-0.4, -0.2) is 54.9 Å². The topological polar surface area (TPSA) is 195 Å². The largest absolute Gasteiger partial charge is 0.481 e. The van der Waals surface area contributed by atoms with Crippen LogP contribution in [0.3, 0.4) is 0 Å². The van der Waals surface area contributed by atoms with Gasteiger partial charge in [-0.1, -0.05) is 0 Å². The van der Waals surface area contributed by atoms with Crippen molar-refractivity contribution in [1.82, 2.24) is 0 Å². The zero-order valence-electron chi connectivity index (χ0n) is 7.74. The fraction of sp³-hybridized carbons (Fsp3) is 0.500. The average molecular weight is 287 g/mol. The maximum Gasteiger partial charge on any atom is 0.336 e. The summed E-state index contributed by atoms with van der Waals surface area (Å²) in [5.41, 5.74) is -2.74. The molecule has 0 saturated heterocycles. The van der Waals surface area contributed by atoms with Crippen LogP contribution in [-0.2, 0) is 30.9 Å². The molecule has 0 fully saturated rings. The summed E-state index contributed by atoms with van der Waals surface area (Å²) in [5, 5.41) is 33.8. The minimum absolute atomic E-state index is 0. The Morgan fingerprint density at radius 3 is 1.25 bits per heavy atom. The van der Waals surface area contributed by atoms with E-state index in [1.807, 2.05) is 0 Å². The molecule has 16 heavy (non-hydrogen) atoms. The number of hydrogen-bond acceptors (Lipinski definition) is 4. The van der Waals surface area contributed by atoms with Crippen LogP contribution in [0.5, 0.6) is 0 Å². The first kappa shape index (κ1) is 24.2. The minimum atomic E-state index is -2.74. The van der Waals surface area contributed by atoms with Gasteiger partial charge in [-0.2, -0.15) is 0 Å². The Labute approximate surface area is 99.2 Å². The normalized spacial score (nSPS) is 8.81. The van der Waals surface area contributed by atoms with Crippen molar-refractivity contribution in [1.29, 1.82) is 0 Å². The molecule has 0 heterocycles. The number of aliphatic hydroxyl groups is 1. The van der Waals surface area contributed by atoms with E-state index in [9.17, 15) is 14.4 Å². The molecule has 0 aromatic heterocycles. The third-order valence-electron chi connectivity index (χ3n) is 1.29. The third-order valence-corrected chi connectivity index (χ3v) is 1.29. The molecule has 0 aliphatic carbocycles. The SMILES string of the molecule is O.O.O=C(O)CC(O)(CC(=O)O)C(=O)O.[Ni]. The van der Waals surface area contributed by atoms with Crippen LogP contribution in [0, 0.1) is 0 Å². The molecule has 0 aromatic rings. The molecular weight excluding hydrogens is 275 g/mol. The van der Waals surface area contributed by atoms with Crippen molar-refractivity contribution in [3.8, 4) is 0 Å². The van der Waals surface area contributed by atoms with Crippen molar-refractivity contribution in [3.05, 3.63) is 0 Å². The molecule has 0 aromatic carbocycles. The van der Waals surface area contributed by atoms with Crippen LogP contribution in [0.1, 0.15) is 12.8 Å². The summed E-state index contributed by atoms with van der Waals surface area (Å²) in [7, 11) is 0. The van der Waals surface area contributed by atoms with E-state index in [0.29, 0.717) is 0 Å². The van der Waals surface area contributed by atoms with Gasteiger partial charge >= 0.3 is 17.9 Å². The Balaban J connectivity index is -0.000000240. The van der Waals surface area contributed by atoms with Gasteiger partial charge in [-0.3, -0.25) is 9.59 Å². The van der Waals surface area contributed by atoms with Gasteiger partial charge in [0.15, 0.2) is 5.60 Å². The molecule has 0 unspecified atom stereocenters. The van der Waals surface area contributed by atoms with E-state index in [1.165, 1.54) is 0 Å². The molecule has 0 aliphatic rings. The minimum Gasteiger partial charge on any atom is -0.481 e. The summed E-state index contributed by atoms with van der Waals surface area (Å²) in [6, 6.07) is 0. The molecule has 100 valence electrons. The number of carbonyl (C=O) groups is 3. The summed E-state index contributed by atoms with van der Waals surface area (Å²) in [6.45, 7) is 0. The molecule has 10 heteroatoms. The second kappa shape index (κ2) is 9.04. The van der Waals surface area contributed by atoms with Crippen molar-refractivity contribution < 1.29 is 62.3 Å². The first-order chi connectivity index (χ1) is 5.78. The van der Waals surface area contributed by atoms with Crippen LogP contribution in [0.25, 0.3) is 0 Å². The molecule has 9 nitrogen and oxygen atoms in total. The van der Waals surface area contributed by atoms with Crippen molar-refractivity contribution in [2.45, 2.75) is 18.4 Å². The first-order valence-electron chi connectivity index (χ1n) is 3.17. The second-order valence-corrected chi connectivity index (χ2v) is 2.48. The molecular formula is C6H12NiO9. The third kappa shape index (κ3) is 8.12. The number of carboxylic acid groups (broad SMARTS) is 3. The van der Waals surface area contributed by atoms with E-state index in [-0.39, 0.29) is 27.4 Å². The van der Waals surface area contributed by atoms with Crippen LogP contribution in [0.4, 0.5) is 0 Å². The van der Waals surface area contributed by atoms with E-state index in [2.05, 4.69) is 0 Å². The van der Waals surface area contributed by atoms with Crippen LogP contribution in [0.2, 0.25) is 0 Å². The van der Waals surface area contributed by atoms with Gasteiger partial charge in [-0.15, -0.1) is 0 Å². The Bertz CT molecular complexity index is 234. The van der Waals surface area contributed by atoms with Crippen molar-refractivity contribution in [2.24, 2.45) is 0 Å². The number of carboxylic acids is 3. The summed E-state index contributed by atoms with van der Waals surface area (Å²) in [5.74, 6) is -5.02. The molecule has 0 saturated carbocycles. The predicted molar refractivity (Wildman–Crippen MR) is 44.3 cm³/mol. The summed E-state index contributed by atoms with van der Waals surface area (Å²) < 4.78 is 0. The number of hydrogen-bond donors (Lipinski definition) is 4. The molecule has 0 aliphatic heterocycles. The maximum absolute atomic E-state index is 10.3. The summed E-state index contributed by atoms with van der Waals surface area (Å²) in [6.07, 6.45) is -2.29. The standard InChI is InChI=1S/C6H8O7.Ni.2H2O/c7-3(8)1-6(13,5(11)12)2-4(9)10;;;/h13H,1-2H2,(H,7,8)(H,9,10)(H,11,12);;2*1H2. The van der Waals surface area contributed by atoms with Crippen molar-refractivity contribution >= 4 is 17.9 Å². The van der Waals surface area contributed by atoms with E-state index >= 15 is 0 Å². The zero-order chi connectivity index (χ0) is 10.6. The quantitative estimate of drug-likeness (QED) is 0.389. The monoisotopic (exact) mass is 286 g/mol. The van der Waals surface area contributed by atoms with Crippen molar-refractivity contribution in [3.63, 3.8) is 0 Å². The Hall–Kier alpha value is -1.22. The summed E-state index contributed by atoms with van der Waals surface area (Å²) in [4.78, 5) is 30.5. The first-order valence-corrected chi connectivity index (χ1v) is 3.17. The summed E-state index contributed by atoms with van der Waals surface area (Å²) >= 11 is 0. The Kier molecular flexibility index (Phi) is 13.6.